The van der Waals surface area contributed by atoms with Gasteiger partial charge < -0.3 is 0 Å². The number of anilines is 1. The van der Waals surface area contributed by atoms with E-state index in [1.54, 1.807) is 31.4 Å². The predicted molar refractivity (Wildman–Crippen MR) is 72.2 cm³/mol. The monoisotopic (exact) mass is 283 g/mol. The van der Waals surface area contributed by atoms with Crippen molar-refractivity contribution in [2.24, 2.45) is 0 Å². The van der Waals surface area contributed by atoms with Crippen molar-refractivity contribution in [3.63, 3.8) is 0 Å². The first-order valence-corrected chi connectivity index (χ1v) is 7.77. The van der Waals surface area contributed by atoms with Gasteiger partial charge in [0.1, 0.15) is 5.82 Å². The van der Waals surface area contributed by atoms with Crippen LogP contribution in [0.1, 0.15) is 12.8 Å². The Bertz CT molecular complexity index is 545. The first kappa shape index (κ1) is 14.0. The van der Waals surface area contributed by atoms with E-state index in [4.69, 9.17) is 0 Å². The zero-order chi connectivity index (χ0) is 13.9. The van der Waals surface area contributed by atoms with E-state index in [0.29, 0.717) is 18.8 Å². The SMILES string of the molecule is CN(C(=O)CCN1CCCS1(=O)=O)c1ccccn1. The Morgan fingerprint density at radius 1 is 1.47 bits per heavy atom. The van der Waals surface area contributed by atoms with Crippen LogP contribution in [0.3, 0.4) is 0 Å². The second-order valence-corrected chi connectivity index (χ2v) is 6.55. The fraction of sp³-hybridized carbons (Fsp3) is 0.500. The number of pyridine rings is 1. The maximum absolute atomic E-state index is 12.0. The van der Waals surface area contributed by atoms with Crippen LogP contribution in [-0.4, -0.2) is 49.5 Å². The molecule has 104 valence electrons. The van der Waals surface area contributed by atoms with Crippen LogP contribution in [0.15, 0.2) is 24.4 Å². The topological polar surface area (TPSA) is 70.6 Å². The van der Waals surface area contributed by atoms with Gasteiger partial charge in [0.15, 0.2) is 0 Å². The third-order valence-corrected chi connectivity index (χ3v) is 5.10. The summed E-state index contributed by atoms with van der Waals surface area (Å²) in [7, 11) is -1.48. The summed E-state index contributed by atoms with van der Waals surface area (Å²) in [6.07, 6.45) is 2.43. The highest BCUT2D eigenvalue weighted by atomic mass is 32.2. The van der Waals surface area contributed by atoms with Crippen molar-refractivity contribution in [2.75, 3.05) is 30.8 Å². The van der Waals surface area contributed by atoms with Crippen molar-refractivity contribution in [1.29, 1.82) is 0 Å². The van der Waals surface area contributed by atoms with Gasteiger partial charge >= 0.3 is 0 Å². The molecule has 1 aromatic heterocycles. The Hall–Kier alpha value is -1.47. The molecule has 19 heavy (non-hydrogen) atoms. The summed E-state index contributed by atoms with van der Waals surface area (Å²) >= 11 is 0. The van der Waals surface area contributed by atoms with Gasteiger partial charge in [0.2, 0.25) is 15.9 Å². The molecule has 0 bridgehead atoms. The Morgan fingerprint density at radius 2 is 2.26 bits per heavy atom. The summed E-state index contributed by atoms with van der Waals surface area (Å²) in [6, 6.07) is 5.32. The number of carbonyl (C=O) groups is 1. The molecular formula is C12H17N3O3S. The largest absolute Gasteiger partial charge is 0.300 e. The second kappa shape index (κ2) is 5.66. The first-order chi connectivity index (χ1) is 9.00. The number of nitrogens with zero attached hydrogens (tertiary/aromatic N) is 3. The van der Waals surface area contributed by atoms with E-state index in [0.717, 1.165) is 0 Å². The number of rotatable bonds is 4. The van der Waals surface area contributed by atoms with Crippen molar-refractivity contribution < 1.29 is 13.2 Å². The van der Waals surface area contributed by atoms with E-state index >= 15 is 0 Å². The molecule has 1 saturated heterocycles. The summed E-state index contributed by atoms with van der Waals surface area (Å²) in [5.41, 5.74) is 0. The summed E-state index contributed by atoms with van der Waals surface area (Å²) in [4.78, 5) is 17.5. The predicted octanol–water partition coefficient (Wildman–Crippen LogP) is 0.470. The van der Waals surface area contributed by atoms with Crippen molar-refractivity contribution >= 4 is 21.7 Å². The van der Waals surface area contributed by atoms with Crippen LogP contribution in [0.2, 0.25) is 0 Å². The summed E-state index contributed by atoms with van der Waals surface area (Å²) in [5.74, 6) is 0.620. The highest BCUT2D eigenvalue weighted by Crippen LogP contribution is 2.14. The second-order valence-electron chi connectivity index (χ2n) is 4.46. The molecule has 0 atom stereocenters. The Balaban J connectivity index is 1.92. The standard InChI is InChI=1S/C12H17N3O3S/c1-14(11-5-2-3-7-13-11)12(16)6-9-15-8-4-10-19(15,17)18/h2-3,5,7H,4,6,8-10H2,1H3. The molecule has 2 rings (SSSR count). The molecule has 7 heteroatoms. The maximum Gasteiger partial charge on any atom is 0.229 e. The molecular weight excluding hydrogens is 266 g/mol. The molecule has 1 aliphatic rings. The summed E-state index contributed by atoms with van der Waals surface area (Å²) in [5, 5.41) is 0. The summed E-state index contributed by atoms with van der Waals surface area (Å²) in [6.45, 7) is 0.765. The molecule has 0 N–H and O–H groups in total. The van der Waals surface area contributed by atoms with Gasteiger partial charge in [-0.1, -0.05) is 6.07 Å². The van der Waals surface area contributed by atoms with Crippen molar-refractivity contribution in [2.45, 2.75) is 12.8 Å². The lowest BCUT2D eigenvalue weighted by Gasteiger charge is -2.18. The van der Waals surface area contributed by atoms with E-state index in [1.807, 2.05) is 0 Å². The highest BCUT2D eigenvalue weighted by molar-refractivity contribution is 7.89. The number of aromatic nitrogens is 1. The minimum absolute atomic E-state index is 0.138. The first-order valence-electron chi connectivity index (χ1n) is 6.16. The molecule has 0 radical (unpaired) electrons. The van der Waals surface area contributed by atoms with Gasteiger partial charge in [-0.3, -0.25) is 9.69 Å². The number of carbonyl (C=O) groups excluding carboxylic acids is 1. The molecule has 0 aliphatic carbocycles. The van der Waals surface area contributed by atoms with E-state index in [2.05, 4.69) is 4.98 Å². The van der Waals surface area contributed by atoms with E-state index in [9.17, 15) is 13.2 Å². The fourth-order valence-electron chi connectivity index (χ4n) is 2.01. The van der Waals surface area contributed by atoms with Crippen LogP contribution in [0.25, 0.3) is 0 Å². The van der Waals surface area contributed by atoms with Crippen LogP contribution >= 0.6 is 0 Å². The van der Waals surface area contributed by atoms with Crippen LogP contribution < -0.4 is 4.90 Å². The molecule has 1 fully saturated rings. The lowest BCUT2D eigenvalue weighted by Crippen LogP contribution is -2.33. The Labute approximate surface area is 113 Å². The average molecular weight is 283 g/mol. The van der Waals surface area contributed by atoms with Crippen LogP contribution in [0, 0.1) is 0 Å². The van der Waals surface area contributed by atoms with E-state index in [-0.39, 0.29) is 24.6 Å². The van der Waals surface area contributed by atoms with Crippen molar-refractivity contribution in [1.82, 2.24) is 9.29 Å². The molecule has 6 nitrogen and oxygen atoms in total. The van der Waals surface area contributed by atoms with Crippen LogP contribution in [0.5, 0.6) is 0 Å². The molecule has 1 aromatic rings. The molecule has 1 amide bonds. The normalized spacial score (nSPS) is 18.4. The average Bonchev–Trinajstić information content (AvgIpc) is 2.75. The molecule has 2 heterocycles. The minimum Gasteiger partial charge on any atom is -0.300 e. The van der Waals surface area contributed by atoms with Gasteiger partial charge in [0.05, 0.1) is 5.75 Å². The smallest absolute Gasteiger partial charge is 0.229 e. The number of hydrogen-bond donors (Lipinski definition) is 0. The molecule has 0 spiro atoms. The number of sulfonamides is 1. The maximum atomic E-state index is 12.0. The van der Waals surface area contributed by atoms with Crippen LogP contribution in [0.4, 0.5) is 5.82 Å². The third kappa shape index (κ3) is 3.30. The van der Waals surface area contributed by atoms with Gasteiger partial charge in [-0.25, -0.2) is 17.7 Å². The lowest BCUT2D eigenvalue weighted by atomic mass is 10.3. The summed E-state index contributed by atoms with van der Waals surface area (Å²) < 4.78 is 24.6. The zero-order valence-corrected chi connectivity index (χ0v) is 11.6. The minimum atomic E-state index is -3.13. The third-order valence-electron chi connectivity index (χ3n) is 3.15. The fourth-order valence-corrected chi connectivity index (χ4v) is 3.54. The highest BCUT2D eigenvalue weighted by Gasteiger charge is 2.28. The van der Waals surface area contributed by atoms with Crippen molar-refractivity contribution in [3.05, 3.63) is 24.4 Å². The lowest BCUT2D eigenvalue weighted by molar-refractivity contribution is -0.118. The van der Waals surface area contributed by atoms with Gasteiger partial charge in [-0.15, -0.1) is 0 Å². The van der Waals surface area contributed by atoms with E-state index < -0.39 is 10.0 Å². The quantitative estimate of drug-likeness (QED) is 0.805. The molecule has 0 saturated carbocycles. The molecule has 0 unspecified atom stereocenters. The van der Waals surface area contributed by atoms with E-state index in [1.165, 1.54) is 9.21 Å². The van der Waals surface area contributed by atoms with Crippen molar-refractivity contribution in [3.8, 4) is 0 Å². The van der Waals surface area contributed by atoms with Crippen LogP contribution in [-0.2, 0) is 14.8 Å². The zero-order valence-electron chi connectivity index (χ0n) is 10.8. The van der Waals surface area contributed by atoms with Gasteiger partial charge in [0.25, 0.3) is 0 Å². The number of hydrogen-bond acceptors (Lipinski definition) is 4. The molecule has 1 aliphatic heterocycles. The Morgan fingerprint density at radius 3 is 2.84 bits per heavy atom. The van der Waals surface area contributed by atoms with Gasteiger partial charge in [0, 0.05) is 32.8 Å². The molecule has 0 aromatic carbocycles. The number of amides is 1. The van der Waals surface area contributed by atoms with Gasteiger partial charge in [-0.05, 0) is 18.6 Å². The van der Waals surface area contributed by atoms with Gasteiger partial charge in [-0.2, -0.15) is 0 Å². The Kier molecular flexibility index (Phi) is 4.16.